The first-order valence-corrected chi connectivity index (χ1v) is 9.63. The second kappa shape index (κ2) is 8.12. The first-order chi connectivity index (χ1) is 10.9. The maximum absolute atomic E-state index is 11.8. The fourth-order valence-corrected chi connectivity index (χ4v) is 4.03. The number of ether oxygens (including phenoxy) is 1. The summed E-state index contributed by atoms with van der Waals surface area (Å²) in [6.45, 7) is 0.0217. The number of carbonyl (C=O) groups excluding carboxylic acids is 1. The molecule has 0 fully saturated rings. The van der Waals surface area contributed by atoms with E-state index in [4.69, 9.17) is 27.9 Å². The van der Waals surface area contributed by atoms with Crippen molar-refractivity contribution in [3.63, 3.8) is 0 Å². The van der Waals surface area contributed by atoms with Crippen LogP contribution >= 0.6 is 34.5 Å². The minimum atomic E-state index is -3.56. The topological polar surface area (TPSA) is 72.5 Å². The van der Waals surface area contributed by atoms with E-state index in [1.54, 1.807) is 29.6 Å². The van der Waals surface area contributed by atoms with Crippen LogP contribution in [-0.2, 0) is 26.2 Å². The molecule has 1 aromatic heterocycles. The van der Waals surface area contributed by atoms with Gasteiger partial charge in [0.15, 0.2) is 0 Å². The summed E-state index contributed by atoms with van der Waals surface area (Å²) in [4.78, 5) is 11.6. The quantitative estimate of drug-likeness (QED) is 0.730. The van der Waals surface area contributed by atoms with Crippen LogP contribution in [-0.4, -0.2) is 20.9 Å². The van der Waals surface area contributed by atoms with Crippen molar-refractivity contribution in [2.45, 2.75) is 17.2 Å². The van der Waals surface area contributed by atoms with E-state index in [1.807, 2.05) is 0 Å². The van der Waals surface area contributed by atoms with Crippen molar-refractivity contribution in [1.82, 2.24) is 4.72 Å². The Balaban J connectivity index is 1.76. The zero-order valence-electron chi connectivity index (χ0n) is 11.8. The van der Waals surface area contributed by atoms with Gasteiger partial charge in [-0.25, -0.2) is 13.1 Å². The predicted molar refractivity (Wildman–Crippen MR) is 90.4 cm³/mol. The van der Waals surface area contributed by atoms with E-state index >= 15 is 0 Å². The molecule has 0 bridgehead atoms. The van der Waals surface area contributed by atoms with Crippen LogP contribution in [0.2, 0.25) is 10.0 Å². The zero-order valence-corrected chi connectivity index (χ0v) is 14.9. The summed E-state index contributed by atoms with van der Waals surface area (Å²) < 4.78 is 31.3. The fourth-order valence-electron chi connectivity index (χ4n) is 1.64. The summed E-state index contributed by atoms with van der Waals surface area (Å²) in [5, 5.41) is 2.47. The molecule has 2 rings (SSSR count). The van der Waals surface area contributed by atoms with E-state index in [0.717, 1.165) is 11.3 Å². The molecule has 0 saturated carbocycles. The smallest absolute Gasteiger partial charge is 0.307 e. The van der Waals surface area contributed by atoms with Crippen LogP contribution in [0.15, 0.2) is 39.9 Å². The van der Waals surface area contributed by atoms with Gasteiger partial charge >= 0.3 is 5.97 Å². The maximum Gasteiger partial charge on any atom is 0.307 e. The van der Waals surface area contributed by atoms with Gasteiger partial charge in [-0.1, -0.05) is 35.3 Å². The highest BCUT2D eigenvalue weighted by molar-refractivity contribution is 7.91. The van der Waals surface area contributed by atoms with Crippen molar-refractivity contribution in [3.8, 4) is 0 Å². The molecule has 0 aliphatic rings. The fraction of sp³-hybridized carbons (Fsp3) is 0.214. The summed E-state index contributed by atoms with van der Waals surface area (Å²) in [7, 11) is -3.56. The van der Waals surface area contributed by atoms with Crippen LogP contribution in [0.1, 0.15) is 12.0 Å². The molecule has 0 saturated heterocycles. The van der Waals surface area contributed by atoms with E-state index in [1.165, 1.54) is 6.07 Å². The highest BCUT2D eigenvalue weighted by Crippen LogP contribution is 2.23. The Kier molecular flexibility index (Phi) is 6.43. The largest absolute Gasteiger partial charge is 0.461 e. The molecule has 5 nitrogen and oxygen atoms in total. The van der Waals surface area contributed by atoms with Gasteiger partial charge in [0.25, 0.3) is 0 Å². The standard InChI is InChI=1S/C14H13Cl2NO4S2/c15-11-4-3-10(8-12(11)16)9-21-13(18)5-6-17-23(19,20)14-2-1-7-22-14/h1-4,7-8,17H,5-6,9H2. The molecule has 1 aromatic carbocycles. The third-order valence-corrected chi connectivity index (χ3v) is 6.36. The van der Waals surface area contributed by atoms with Gasteiger partial charge in [0.2, 0.25) is 10.0 Å². The lowest BCUT2D eigenvalue weighted by Crippen LogP contribution is -2.26. The molecular formula is C14H13Cl2NO4S2. The summed E-state index contributed by atoms with van der Waals surface area (Å²) >= 11 is 12.8. The van der Waals surface area contributed by atoms with Gasteiger partial charge in [0, 0.05) is 6.54 Å². The van der Waals surface area contributed by atoms with Gasteiger partial charge in [0.1, 0.15) is 10.8 Å². The van der Waals surface area contributed by atoms with E-state index in [-0.39, 0.29) is 23.8 Å². The van der Waals surface area contributed by atoms with E-state index in [2.05, 4.69) is 4.72 Å². The molecular weight excluding hydrogens is 381 g/mol. The third-order valence-electron chi connectivity index (χ3n) is 2.76. The van der Waals surface area contributed by atoms with Gasteiger partial charge in [-0.15, -0.1) is 11.3 Å². The number of nitrogens with one attached hydrogen (secondary N) is 1. The number of hydrogen-bond acceptors (Lipinski definition) is 5. The van der Waals surface area contributed by atoms with Crippen LogP contribution < -0.4 is 4.72 Å². The Morgan fingerprint density at radius 2 is 2.00 bits per heavy atom. The van der Waals surface area contributed by atoms with Gasteiger partial charge in [-0.05, 0) is 29.1 Å². The summed E-state index contributed by atoms with van der Waals surface area (Å²) in [5.74, 6) is -0.509. The van der Waals surface area contributed by atoms with Crippen LogP contribution in [0.25, 0.3) is 0 Å². The molecule has 0 amide bonds. The van der Waals surface area contributed by atoms with Crippen molar-refractivity contribution in [1.29, 1.82) is 0 Å². The number of carbonyl (C=O) groups is 1. The lowest BCUT2D eigenvalue weighted by atomic mass is 10.2. The van der Waals surface area contributed by atoms with Crippen molar-refractivity contribution < 1.29 is 17.9 Å². The predicted octanol–water partition coefficient (Wildman–Crippen LogP) is 3.47. The van der Waals surface area contributed by atoms with Crippen LogP contribution in [0.5, 0.6) is 0 Å². The Bertz CT molecular complexity index is 776. The number of thiophene rings is 1. The molecule has 1 heterocycles. The van der Waals surface area contributed by atoms with Crippen molar-refractivity contribution >= 4 is 50.5 Å². The first-order valence-electron chi connectivity index (χ1n) is 6.51. The van der Waals surface area contributed by atoms with E-state index < -0.39 is 16.0 Å². The SMILES string of the molecule is O=C(CCNS(=O)(=O)c1cccs1)OCc1ccc(Cl)c(Cl)c1. The van der Waals surface area contributed by atoms with Crippen molar-refractivity contribution in [2.75, 3.05) is 6.54 Å². The Labute approximate surface area is 148 Å². The third kappa shape index (κ3) is 5.47. The average Bonchev–Trinajstić information content (AvgIpc) is 3.03. The number of halogens is 2. The highest BCUT2D eigenvalue weighted by Gasteiger charge is 2.15. The minimum absolute atomic E-state index is 0.0273. The Hall–Kier alpha value is -1.12. The molecule has 1 N–H and O–H groups in total. The molecule has 0 atom stereocenters. The van der Waals surface area contributed by atoms with E-state index in [0.29, 0.717) is 15.6 Å². The van der Waals surface area contributed by atoms with Gasteiger partial charge in [-0.2, -0.15) is 0 Å². The highest BCUT2D eigenvalue weighted by atomic mass is 35.5. The lowest BCUT2D eigenvalue weighted by Gasteiger charge is -2.07. The molecule has 124 valence electrons. The first kappa shape index (κ1) is 18.2. The molecule has 2 aromatic rings. The summed E-state index contributed by atoms with van der Waals surface area (Å²) in [6, 6.07) is 8.06. The second-order valence-corrected chi connectivity index (χ2v) is 8.24. The van der Waals surface area contributed by atoms with Crippen molar-refractivity contribution in [2.24, 2.45) is 0 Å². The second-order valence-electron chi connectivity index (χ2n) is 4.49. The van der Waals surface area contributed by atoms with Gasteiger partial charge in [0.05, 0.1) is 16.5 Å². The number of rotatable bonds is 7. The Morgan fingerprint density at radius 3 is 2.65 bits per heavy atom. The number of benzene rings is 1. The van der Waals surface area contributed by atoms with Crippen LogP contribution in [0.3, 0.4) is 0 Å². The molecule has 0 aliphatic carbocycles. The summed E-state index contributed by atoms with van der Waals surface area (Å²) in [6.07, 6.45) is -0.0636. The molecule has 0 radical (unpaired) electrons. The molecule has 23 heavy (non-hydrogen) atoms. The van der Waals surface area contributed by atoms with Gasteiger partial charge < -0.3 is 4.74 Å². The number of sulfonamides is 1. The van der Waals surface area contributed by atoms with E-state index in [9.17, 15) is 13.2 Å². The number of hydrogen-bond donors (Lipinski definition) is 1. The molecule has 0 unspecified atom stereocenters. The summed E-state index contributed by atoms with van der Waals surface area (Å²) in [5.41, 5.74) is 0.701. The zero-order chi connectivity index (χ0) is 16.9. The molecule has 9 heteroatoms. The molecule has 0 aliphatic heterocycles. The van der Waals surface area contributed by atoms with Gasteiger partial charge in [-0.3, -0.25) is 4.79 Å². The Morgan fingerprint density at radius 1 is 1.22 bits per heavy atom. The monoisotopic (exact) mass is 393 g/mol. The maximum atomic E-state index is 11.8. The van der Waals surface area contributed by atoms with Crippen molar-refractivity contribution in [3.05, 3.63) is 51.3 Å². The average molecular weight is 394 g/mol. The number of esters is 1. The van der Waals surface area contributed by atoms with Crippen LogP contribution in [0, 0.1) is 0 Å². The van der Waals surface area contributed by atoms with Crippen LogP contribution in [0.4, 0.5) is 0 Å². The lowest BCUT2D eigenvalue weighted by molar-refractivity contribution is -0.144. The molecule has 0 spiro atoms. The minimum Gasteiger partial charge on any atom is -0.461 e. The normalized spacial score (nSPS) is 11.4.